The molecule has 0 saturated carbocycles. The minimum atomic E-state index is 0.814. The van der Waals surface area contributed by atoms with Crippen molar-refractivity contribution in [3.05, 3.63) is 55.1 Å². The van der Waals surface area contributed by atoms with Crippen molar-refractivity contribution in [1.29, 1.82) is 0 Å². The third-order valence-corrected chi connectivity index (χ3v) is 6.00. The Balaban J connectivity index is 1.44. The largest absolute Gasteiger partial charge is 0.368 e. The first-order valence-corrected chi connectivity index (χ1v) is 10.4. The van der Waals surface area contributed by atoms with Gasteiger partial charge in [-0.1, -0.05) is 6.07 Å². The smallest absolute Gasteiger partial charge is 0.135 e. The number of H-pyrrole nitrogens is 2. The molecule has 154 valence electrons. The van der Waals surface area contributed by atoms with E-state index >= 15 is 0 Å². The van der Waals surface area contributed by atoms with Crippen LogP contribution in [0.3, 0.4) is 0 Å². The molecule has 5 heterocycles. The fourth-order valence-electron chi connectivity index (χ4n) is 4.27. The van der Waals surface area contributed by atoms with Crippen LogP contribution in [0.15, 0.2) is 55.1 Å². The molecule has 1 aliphatic heterocycles. The highest BCUT2D eigenvalue weighted by molar-refractivity contribution is 5.99. The molecule has 0 radical (unpaired) electrons. The Kier molecular flexibility index (Phi) is 4.17. The Bertz CT molecular complexity index is 1360. The summed E-state index contributed by atoms with van der Waals surface area (Å²) in [6.07, 6.45) is 5.06. The lowest BCUT2D eigenvalue weighted by molar-refractivity contribution is 0.313. The maximum Gasteiger partial charge on any atom is 0.135 e. The zero-order valence-corrected chi connectivity index (χ0v) is 17.2. The van der Waals surface area contributed by atoms with E-state index in [0.29, 0.717) is 0 Å². The maximum atomic E-state index is 4.86. The summed E-state index contributed by atoms with van der Waals surface area (Å²) >= 11 is 0. The predicted octanol–water partition coefficient (Wildman–Crippen LogP) is 3.32. The molecule has 1 aliphatic rings. The van der Waals surface area contributed by atoms with Crippen LogP contribution in [0.4, 0.5) is 5.69 Å². The van der Waals surface area contributed by atoms with Crippen molar-refractivity contribution in [2.75, 3.05) is 38.1 Å². The number of aromatic nitrogens is 6. The molecule has 1 saturated heterocycles. The van der Waals surface area contributed by atoms with Crippen LogP contribution in [0, 0.1) is 0 Å². The van der Waals surface area contributed by atoms with Gasteiger partial charge in [-0.2, -0.15) is 5.10 Å². The normalized spacial score (nSPS) is 15.2. The molecule has 1 aromatic carbocycles. The average molecular weight is 410 g/mol. The van der Waals surface area contributed by atoms with E-state index in [9.17, 15) is 0 Å². The van der Waals surface area contributed by atoms with E-state index < -0.39 is 0 Å². The van der Waals surface area contributed by atoms with E-state index in [4.69, 9.17) is 4.98 Å². The van der Waals surface area contributed by atoms with Gasteiger partial charge in [-0.15, -0.1) is 0 Å². The number of anilines is 1. The van der Waals surface area contributed by atoms with Gasteiger partial charge in [0.2, 0.25) is 0 Å². The number of nitrogens with one attached hydrogen (secondary N) is 2. The second-order valence-electron chi connectivity index (χ2n) is 8.00. The standard InChI is InChI=1S/C23H22N8/c1-30-7-9-31(10-8-30)21-4-2-3-18-16(21)11-20(26-18)23-22-19(28-29-23)6-5-17(27-22)15-12-24-14-25-13-15/h2-6,11-14,26H,7-10H2,1H3,(H,28,29). The molecule has 8 nitrogen and oxygen atoms in total. The molecule has 31 heavy (non-hydrogen) atoms. The molecule has 8 heteroatoms. The number of hydrogen-bond donors (Lipinski definition) is 2. The van der Waals surface area contributed by atoms with Crippen molar-refractivity contribution < 1.29 is 0 Å². The molecule has 1 fully saturated rings. The average Bonchev–Trinajstić information content (AvgIpc) is 3.43. The van der Waals surface area contributed by atoms with Crippen molar-refractivity contribution in [2.24, 2.45) is 0 Å². The van der Waals surface area contributed by atoms with Gasteiger partial charge in [0.05, 0.1) is 16.9 Å². The van der Waals surface area contributed by atoms with Crippen LogP contribution in [0.25, 0.3) is 44.6 Å². The SMILES string of the molecule is CN1CCN(c2cccc3[nH]c(-c4n[nH]c5ccc(-c6cncnc6)nc45)cc23)CC1. The Morgan fingerprint density at radius 3 is 2.61 bits per heavy atom. The predicted molar refractivity (Wildman–Crippen MR) is 122 cm³/mol. The first-order valence-electron chi connectivity index (χ1n) is 10.4. The Labute approximate surface area is 179 Å². The fraction of sp³-hybridized carbons (Fsp3) is 0.217. The first kappa shape index (κ1) is 18.0. The highest BCUT2D eigenvalue weighted by Crippen LogP contribution is 2.33. The van der Waals surface area contributed by atoms with Gasteiger partial charge in [0.15, 0.2) is 0 Å². The van der Waals surface area contributed by atoms with E-state index in [2.05, 4.69) is 66.3 Å². The van der Waals surface area contributed by atoms with E-state index in [1.54, 1.807) is 12.4 Å². The number of pyridine rings is 1. The Morgan fingerprint density at radius 1 is 0.935 bits per heavy atom. The molecule has 5 aromatic rings. The lowest BCUT2D eigenvalue weighted by Crippen LogP contribution is -2.44. The van der Waals surface area contributed by atoms with Crippen LogP contribution in [0.2, 0.25) is 0 Å². The van der Waals surface area contributed by atoms with Crippen LogP contribution in [0.1, 0.15) is 0 Å². The fourth-order valence-corrected chi connectivity index (χ4v) is 4.27. The third kappa shape index (κ3) is 3.12. The number of aromatic amines is 2. The minimum absolute atomic E-state index is 0.814. The summed E-state index contributed by atoms with van der Waals surface area (Å²) in [6, 6.07) is 12.6. The third-order valence-electron chi connectivity index (χ3n) is 6.00. The molecule has 0 aliphatic carbocycles. The van der Waals surface area contributed by atoms with Crippen LogP contribution in [-0.4, -0.2) is 68.3 Å². The van der Waals surface area contributed by atoms with Gasteiger partial charge in [-0.3, -0.25) is 5.10 Å². The topological polar surface area (TPSA) is 89.6 Å². The number of likely N-dealkylation sites (N-methyl/N-ethyl adjacent to an activating group) is 1. The van der Waals surface area contributed by atoms with Crippen LogP contribution >= 0.6 is 0 Å². The van der Waals surface area contributed by atoms with Crippen molar-refractivity contribution in [3.8, 4) is 22.6 Å². The second kappa shape index (κ2) is 7.17. The van der Waals surface area contributed by atoms with Gasteiger partial charge in [0, 0.05) is 60.7 Å². The number of hydrogen-bond acceptors (Lipinski definition) is 6. The van der Waals surface area contributed by atoms with Gasteiger partial charge in [-0.05, 0) is 37.4 Å². The molecule has 0 atom stereocenters. The molecule has 0 bridgehead atoms. The monoisotopic (exact) mass is 410 g/mol. The summed E-state index contributed by atoms with van der Waals surface area (Å²) in [7, 11) is 2.18. The molecular weight excluding hydrogens is 388 g/mol. The quantitative estimate of drug-likeness (QED) is 0.474. The summed E-state index contributed by atoms with van der Waals surface area (Å²) in [4.78, 5) is 21.5. The minimum Gasteiger partial charge on any atom is -0.368 e. The van der Waals surface area contributed by atoms with Crippen LogP contribution in [0.5, 0.6) is 0 Å². The van der Waals surface area contributed by atoms with Crippen molar-refractivity contribution in [3.63, 3.8) is 0 Å². The zero-order valence-electron chi connectivity index (χ0n) is 17.2. The molecule has 0 unspecified atom stereocenters. The number of fused-ring (bicyclic) bond motifs is 2. The van der Waals surface area contributed by atoms with E-state index in [0.717, 1.165) is 65.4 Å². The summed E-state index contributed by atoms with van der Waals surface area (Å²) in [5, 5.41) is 8.90. The molecule has 2 N–H and O–H groups in total. The molecule has 0 spiro atoms. The van der Waals surface area contributed by atoms with Crippen molar-refractivity contribution in [1.82, 2.24) is 35.0 Å². The Hall–Kier alpha value is -3.78. The van der Waals surface area contributed by atoms with Crippen molar-refractivity contribution in [2.45, 2.75) is 0 Å². The lowest BCUT2D eigenvalue weighted by atomic mass is 10.1. The molecule has 6 rings (SSSR count). The highest BCUT2D eigenvalue weighted by atomic mass is 15.2. The number of nitrogens with zero attached hydrogens (tertiary/aromatic N) is 6. The van der Waals surface area contributed by atoms with Gasteiger partial charge in [-0.25, -0.2) is 15.0 Å². The lowest BCUT2D eigenvalue weighted by Gasteiger charge is -2.34. The van der Waals surface area contributed by atoms with E-state index in [1.165, 1.54) is 17.4 Å². The first-order chi connectivity index (χ1) is 15.3. The number of piperazine rings is 1. The van der Waals surface area contributed by atoms with Crippen LogP contribution < -0.4 is 4.90 Å². The molecule has 0 amide bonds. The van der Waals surface area contributed by atoms with Gasteiger partial charge in [0.1, 0.15) is 17.5 Å². The highest BCUT2D eigenvalue weighted by Gasteiger charge is 2.19. The summed E-state index contributed by atoms with van der Waals surface area (Å²) in [6.45, 7) is 4.22. The molecular formula is C23H22N8. The van der Waals surface area contributed by atoms with Gasteiger partial charge < -0.3 is 14.8 Å². The van der Waals surface area contributed by atoms with Gasteiger partial charge >= 0.3 is 0 Å². The maximum absolute atomic E-state index is 4.86. The molecule has 4 aromatic heterocycles. The van der Waals surface area contributed by atoms with E-state index in [-0.39, 0.29) is 0 Å². The van der Waals surface area contributed by atoms with Crippen molar-refractivity contribution >= 4 is 27.6 Å². The van der Waals surface area contributed by atoms with E-state index in [1.807, 2.05) is 12.1 Å². The number of benzene rings is 1. The summed E-state index contributed by atoms with van der Waals surface area (Å²) in [5.74, 6) is 0. The van der Waals surface area contributed by atoms with Gasteiger partial charge in [0.25, 0.3) is 0 Å². The zero-order chi connectivity index (χ0) is 20.8. The second-order valence-corrected chi connectivity index (χ2v) is 8.00. The summed E-state index contributed by atoms with van der Waals surface area (Å²) in [5.41, 5.74) is 7.57. The van der Waals surface area contributed by atoms with Crippen LogP contribution in [-0.2, 0) is 0 Å². The summed E-state index contributed by atoms with van der Waals surface area (Å²) < 4.78 is 0. The number of rotatable bonds is 3. The Morgan fingerprint density at radius 2 is 1.77 bits per heavy atom.